The minimum absolute atomic E-state index is 0.0115. The first kappa shape index (κ1) is 43.5. The maximum Gasteiger partial charge on any atom is 0.309 e. The molecule has 326 valence electrons. The number of alkyl halides is 1. The van der Waals surface area contributed by atoms with Crippen LogP contribution in [0.1, 0.15) is 139 Å². The zero-order chi connectivity index (χ0) is 43.8. The third kappa shape index (κ3) is 5.51. The zero-order valence-electron chi connectivity index (χ0n) is 37.7. The number of rotatable bonds is 9. The van der Waals surface area contributed by atoms with Crippen LogP contribution >= 0.6 is 11.6 Å². The van der Waals surface area contributed by atoms with Crippen molar-refractivity contribution in [1.82, 2.24) is 4.90 Å². The Balaban J connectivity index is 1.18. The quantitative estimate of drug-likeness (QED) is 0.0906. The highest BCUT2D eigenvalue weighted by atomic mass is 35.5. The number of hydrogen-bond donors (Lipinski definition) is 3. The van der Waals surface area contributed by atoms with Crippen LogP contribution in [-0.4, -0.2) is 63.0 Å². The average molecular weight is 842 g/mol. The van der Waals surface area contributed by atoms with E-state index in [0.717, 1.165) is 84.9 Å². The molecule has 10 unspecified atom stereocenters. The summed E-state index contributed by atoms with van der Waals surface area (Å²) < 4.78 is 6.25. The number of allylic oxidation sites excluding steroid dienone is 9. The molecule has 60 heavy (non-hydrogen) atoms. The highest BCUT2D eigenvalue weighted by Crippen LogP contribution is 2.88. The summed E-state index contributed by atoms with van der Waals surface area (Å²) in [6.45, 7) is 24.4. The Kier molecular flexibility index (Phi) is 10.1. The number of fused-ring (bicyclic) bond motifs is 6. The number of halogens is 1. The summed E-state index contributed by atoms with van der Waals surface area (Å²) in [5, 5.41) is 23.8. The maximum atomic E-state index is 14.5. The van der Waals surface area contributed by atoms with Crippen molar-refractivity contribution in [2.45, 2.75) is 156 Å². The number of aliphatic hydroxyl groups is 1. The number of nitrogens with two attached hydrogens (primary N) is 1. The van der Waals surface area contributed by atoms with Crippen LogP contribution < -0.4 is 5.73 Å². The number of nitrogens with zero attached hydrogens (tertiary/aromatic N) is 1. The molecule has 1 spiro atoms. The molecular weight excluding hydrogens is 772 g/mol. The second kappa shape index (κ2) is 13.9. The largest absolute Gasteiger partial charge is 0.481 e. The molecule has 5 saturated carbocycles. The number of carbonyl (C=O) groups excluding carboxylic acids is 2. The van der Waals surface area contributed by atoms with Crippen LogP contribution in [0.25, 0.3) is 0 Å². The van der Waals surface area contributed by atoms with Crippen molar-refractivity contribution in [2.75, 3.05) is 13.1 Å². The highest BCUT2D eigenvalue weighted by Gasteiger charge is 2.84. The van der Waals surface area contributed by atoms with Crippen LogP contribution in [0, 0.1) is 49.7 Å². The number of ether oxygens (including phenoxy) is 1. The summed E-state index contributed by atoms with van der Waals surface area (Å²) in [5.74, 6) is -0.951. The highest BCUT2D eigenvalue weighted by molar-refractivity contribution is 6.22. The van der Waals surface area contributed by atoms with Crippen molar-refractivity contribution >= 4 is 29.3 Å². The van der Waals surface area contributed by atoms with Gasteiger partial charge in [0, 0.05) is 40.6 Å². The summed E-state index contributed by atoms with van der Waals surface area (Å²) in [6.07, 6.45) is 16.8. The normalized spacial score (nSPS) is 42.7. The van der Waals surface area contributed by atoms with E-state index in [4.69, 9.17) is 22.1 Å². The average Bonchev–Trinajstić information content (AvgIpc) is 3.57. The van der Waals surface area contributed by atoms with E-state index in [2.05, 4.69) is 64.8 Å². The second-order valence-electron chi connectivity index (χ2n) is 22.1. The predicted molar refractivity (Wildman–Crippen MR) is 235 cm³/mol. The van der Waals surface area contributed by atoms with Gasteiger partial charge in [0.25, 0.3) is 0 Å². The first-order valence-electron chi connectivity index (χ1n) is 22.7. The van der Waals surface area contributed by atoms with Crippen LogP contribution in [0.3, 0.4) is 0 Å². The van der Waals surface area contributed by atoms with Crippen LogP contribution in [0.15, 0.2) is 75.9 Å². The molecule has 0 amide bonds. The molecule has 9 heteroatoms. The second-order valence-corrected chi connectivity index (χ2v) is 22.7. The molecule has 5 fully saturated rings. The van der Waals surface area contributed by atoms with Crippen molar-refractivity contribution in [3.05, 3.63) is 75.9 Å². The number of ketones is 1. The minimum Gasteiger partial charge on any atom is -0.481 e. The zero-order valence-corrected chi connectivity index (χ0v) is 38.4. The van der Waals surface area contributed by atoms with E-state index >= 15 is 0 Å². The van der Waals surface area contributed by atoms with Crippen molar-refractivity contribution in [3.63, 3.8) is 0 Å². The standard InChI is InChI=1S/C51H69ClN2O6/c1-11-33-27-49(42-31(4)40(56)35(54(42)25-24-53)26-32-12-14-34(52)15-13-32)22-21-48(10)45(7)20-23-50-29-47(50,9)37(60-38(55)28-44(5,6)43(57)58)17-18-46(50,8)36(45)16-19-51(48,59)41(49)39(33)30(2)3/h12-14,26,30,34,36-37,59H,1,15-25,27-29,53H2,2-10H3,(H,57,58). The monoisotopic (exact) mass is 840 g/mol. The lowest BCUT2D eigenvalue weighted by Crippen LogP contribution is -2.71. The molecule has 10 atom stereocenters. The number of aliphatic carboxylic acids is 1. The van der Waals surface area contributed by atoms with Gasteiger partial charge in [0.05, 0.1) is 28.5 Å². The molecule has 0 bridgehead atoms. The van der Waals surface area contributed by atoms with E-state index in [1.807, 2.05) is 25.2 Å². The molecule has 7 aliphatic carbocycles. The van der Waals surface area contributed by atoms with Gasteiger partial charge in [-0.2, -0.15) is 0 Å². The molecule has 0 saturated heterocycles. The predicted octanol–water partition coefficient (Wildman–Crippen LogP) is 9.89. The van der Waals surface area contributed by atoms with E-state index in [1.165, 1.54) is 0 Å². The van der Waals surface area contributed by atoms with Crippen LogP contribution in [-0.2, 0) is 19.1 Å². The summed E-state index contributed by atoms with van der Waals surface area (Å²) in [4.78, 5) is 41.8. The van der Waals surface area contributed by atoms with Gasteiger partial charge in [-0.25, -0.2) is 0 Å². The van der Waals surface area contributed by atoms with Crippen molar-refractivity contribution in [3.8, 4) is 0 Å². The molecule has 0 aromatic heterocycles. The molecular formula is C51H69ClN2O6. The molecule has 8 aliphatic rings. The summed E-state index contributed by atoms with van der Waals surface area (Å²) in [5.41, 5.74) is 12.6. The van der Waals surface area contributed by atoms with Gasteiger partial charge in [0.15, 0.2) is 0 Å². The number of carboxylic acid groups (broad SMARTS) is 1. The van der Waals surface area contributed by atoms with Gasteiger partial charge < -0.3 is 25.6 Å². The molecule has 8 rings (SSSR count). The third-order valence-electron chi connectivity index (χ3n) is 18.9. The fourth-order valence-corrected chi connectivity index (χ4v) is 15.7. The number of Topliss-reactive ketones (excluding diaryl/α,β-unsaturated/α-hetero) is 1. The van der Waals surface area contributed by atoms with Crippen LogP contribution in [0.2, 0.25) is 0 Å². The Morgan fingerprint density at radius 1 is 1.08 bits per heavy atom. The lowest BCUT2D eigenvalue weighted by molar-refractivity contribution is -0.261. The number of carbonyl (C=O) groups is 3. The number of esters is 1. The van der Waals surface area contributed by atoms with Crippen molar-refractivity contribution in [1.29, 1.82) is 0 Å². The van der Waals surface area contributed by atoms with E-state index in [0.29, 0.717) is 44.0 Å². The molecule has 0 radical (unpaired) electrons. The fourth-order valence-electron chi connectivity index (χ4n) is 15.5. The van der Waals surface area contributed by atoms with E-state index in [-0.39, 0.29) is 51.3 Å². The molecule has 8 nitrogen and oxygen atoms in total. The van der Waals surface area contributed by atoms with Gasteiger partial charge >= 0.3 is 11.9 Å². The van der Waals surface area contributed by atoms with Gasteiger partial charge in [-0.3, -0.25) is 14.4 Å². The number of hydrogen-bond acceptors (Lipinski definition) is 7. The summed E-state index contributed by atoms with van der Waals surface area (Å²) >= 11 is 6.39. The minimum atomic E-state index is -1.18. The summed E-state index contributed by atoms with van der Waals surface area (Å²) in [7, 11) is 0. The Morgan fingerprint density at radius 3 is 2.42 bits per heavy atom. The molecule has 4 N–H and O–H groups in total. The first-order valence-corrected chi connectivity index (χ1v) is 23.2. The van der Waals surface area contributed by atoms with E-state index in [9.17, 15) is 24.6 Å². The van der Waals surface area contributed by atoms with Crippen molar-refractivity contribution in [2.24, 2.45) is 55.5 Å². The van der Waals surface area contributed by atoms with Gasteiger partial charge in [-0.1, -0.05) is 66.3 Å². The Hall–Kier alpha value is -3.16. The first-order chi connectivity index (χ1) is 28.0. The topological polar surface area (TPSA) is 130 Å². The van der Waals surface area contributed by atoms with Gasteiger partial charge in [-0.05, 0) is 148 Å². The Bertz CT molecular complexity index is 2150. The van der Waals surface area contributed by atoms with Crippen LogP contribution in [0.4, 0.5) is 0 Å². The molecule has 1 heterocycles. The van der Waals surface area contributed by atoms with Crippen LogP contribution in [0.5, 0.6) is 0 Å². The Morgan fingerprint density at radius 2 is 1.80 bits per heavy atom. The fraction of sp³-hybridized carbons (Fsp3) is 0.686. The molecule has 1 aliphatic heterocycles. The van der Waals surface area contributed by atoms with Gasteiger partial charge in [0.1, 0.15) is 6.10 Å². The maximum absolute atomic E-state index is 14.5. The lowest BCUT2D eigenvalue weighted by atomic mass is 9.32. The summed E-state index contributed by atoms with van der Waals surface area (Å²) in [6, 6.07) is 0. The smallest absolute Gasteiger partial charge is 0.309 e. The third-order valence-corrected chi connectivity index (χ3v) is 19.2. The SMILES string of the molecule is C=C=C1CC2(C3=C(C)C(=O)C(=CC4=CCC(Cl)C=C4)N3CCN)CCC3(C)C(O)(CCC4C3(C)CCC35CC3(C)C(OC(=O)CC(C)(C)C(=O)O)CCC45C)C2=C1C(C)C. The van der Waals surface area contributed by atoms with E-state index in [1.54, 1.807) is 13.8 Å². The van der Waals surface area contributed by atoms with Crippen molar-refractivity contribution < 1.29 is 29.3 Å². The number of carboxylic acids is 1. The van der Waals surface area contributed by atoms with E-state index < -0.39 is 33.8 Å². The molecule has 0 aromatic rings. The lowest BCUT2D eigenvalue weighted by Gasteiger charge is -2.73. The van der Waals surface area contributed by atoms with Gasteiger partial charge in [-0.15, -0.1) is 17.3 Å². The molecule has 0 aromatic carbocycles. The van der Waals surface area contributed by atoms with Gasteiger partial charge in [0.2, 0.25) is 5.78 Å². The Labute approximate surface area is 363 Å².